The van der Waals surface area contributed by atoms with E-state index in [-0.39, 0.29) is 11.0 Å². The van der Waals surface area contributed by atoms with Crippen molar-refractivity contribution in [2.24, 2.45) is 0 Å². The van der Waals surface area contributed by atoms with Crippen LogP contribution < -0.4 is 30.0 Å². The first-order chi connectivity index (χ1) is 12.5. The molecule has 9 heteroatoms. The Bertz CT molecular complexity index is 989. The summed E-state index contributed by atoms with van der Waals surface area (Å²) in [7, 11) is 2.95. The molecule has 26 heavy (non-hydrogen) atoms. The van der Waals surface area contributed by atoms with Gasteiger partial charge in [0.15, 0.2) is 0 Å². The Balaban J connectivity index is 2.06. The zero-order valence-electron chi connectivity index (χ0n) is 14.1. The van der Waals surface area contributed by atoms with Crippen molar-refractivity contribution < 1.29 is 23.7 Å². The molecule has 0 unspecified atom stereocenters. The number of fused-ring (bicyclic) bond motifs is 1. The molecule has 0 aliphatic carbocycles. The van der Waals surface area contributed by atoms with E-state index >= 15 is 0 Å². The van der Waals surface area contributed by atoms with Crippen molar-refractivity contribution in [1.82, 2.24) is 0 Å². The number of hydrogen-bond acceptors (Lipinski definition) is 6. The topological polar surface area (TPSA) is 127 Å². The van der Waals surface area contributed by atoms with E-state index in [0.717, 1.165) is 0 Å². The van der Waals surface area contributed by atoms with Crippen LogP contribution in [0.3, 0.4) is 0 Å². The van der Waals surface area contributed by atoms with E-state index in [1.165, 1.54) is 32.4 Å². The summed E-state index contributed by atoms with van der Waals surface area (Å²) in [5.74, 6) is -0.328. The lowest BCUT2D eigenvalue weighted by Gasteiger charge is -2.14. The number of nitrogens with zero attached hydrogens (tertiary/aromatic N) is 2. The number of carbonyl (C=O) groups is 1. The molecule has 1 amide bonds. The third-order valence-corrected chi connectivity index (χ3v) is 3.85. The highest BCUT2D eigenvalue weighted by Gasteiger charge is 2.30. The Morgan fingerprint density at radius 1 is 0.962 bits per heavy atom. The number of amides is 1. The van der Waals surface area contributed by atoms with E-state index in [2.05, 4.69) is 5.32 Å². The van der Waals surface area contributed by atoms with Crippen LogP contribution in [0, 0.1) is 10.4 Å². The maximum absolute atomic E-state index is 12.6. The van der Waals surface area contributed by atoms with Gasteiger partial charge in [0.1, 0.15) is 11.5 Å². The van der Waals surface area contributed by atoms with Crippen LogP contribution >= 0.6 is 0 Å². The number of nitrogen functional groups attached to an aromatic ring is 1. The molecule has 3 N–H and O–H groups in total. The van der Waals surface area contributed by atoms with E-state index in [1.54, 1.807) is 24.3 Å². The number of carbonyl (C=O) groups excluding carboxylic acids is 1. The normalized spacial score (nSPS) is 10.5. The summed E-state index contributed by atoms with van der Waals surface area (Å²) in [6.45, 7) is 0. The number of hydrogen-bond donors (Lipinski definition) is 2. The zero-order valence-corrected chi connectivity index (χ0v) is 14.1. The molecule has 0 fully saturated rings. The third-order valence-electron chi connectivity index (χ3n) is 3.85. The number of nitrogens with two attached hydrogens (primary N) is 1. The lowest BCUT2D eigenvalue weighted by molar-refractivity contribution is -0.619. The van der Waals surface area contributed by atoms with Crippen molar-refractivity contribution in [1.29, 1.82) is 0 Å². The van der Waals surface area contributed by atoms with E-state index < -0.39 is 17.4 Å². The Kier molecular flexibility index (Phi) is 4.36. The second-order valence-electron chi connectivity index (χ2n) is 5.36. The lowest BCUT2D eigenvalue weighted by atomic mass is 10.2. The van der Waals surface area contributed by atoms with Crippen molar-refractivity contribution in [2.45, 2.75) is 0 Å². The molecule has 0 spiro atoms. The maximum Gasteiger partial charge on any atom is 0.372 e. The molecule has 0 bridgehead atoms. The van der Waals surface area contributed by atoms with E-state index in [9.17, 15) is 15.2 Å². The highest BCUT2D eigenvalue weighted by atomic mass is 16.5. The Labute approximate surface area is 148 Å². The van der Waals surface area contributed by atoms with E-state index in [1.807, 2.05) is 0 Å². The van der Waals surface area contributed by atoms with Crippen molar-refractivity contribution in [3.63, 3.8) is 0 Å². The number of methoxy groups -OCH3 is 2. The summed E-state index contributed by atoms with van der Waals surface area (Å²) >= 11 is 0. The van der Waals surface area contributed by atoms with Gasteiger partial charge in [-0.05, 0) is 36.4 Å². The number of benzene rings is 2. The van der Waals surface area contributed by atoms with Crippen molar-refractivity contribution in [2.75, 3.05) is 25.3 Å². The first-order valence-corrected chi connectivity index (χ1v) is 7.54. The fourth-order valence-electron chi connectivity index (χ4n) is 2.49. The van der Waals surface area contributed by atoms with E-state index in [0.29, 0.717) is 26.6 Å². The van der Waals surface area contributed by atoms with Crippen LogP contribution in [-0.2, 0) is 0 Å². The summed E-state index contributed by atoms with van der Waals surface area (Å²) in [6.07, 6.45) is 0. The standard InChI is InChI=1S/C17H16N4O5/c1-25-11-5-3-10(4-6-11)19-17(22)15-16(18)21(24)13-8-7-12(26-2)9-14(13)20(15)23/h3-9H,18H2,1-2H3,(H,19,22). The molecule has 2 aromatic carbocycles. The predicted molar refractivity (Wildman–Crippen MR) is 93.8 cm³/mol. The van der Waals surface area contributed by atoms with E-state index in [4.69, 9.17) is 15.2 Å². The predicted octanol–water partition coefficient (Wildman–Crippen LogP) is 0.958. The van der Waals surface area contributed by atoms with Crippen LogP contribution in [0.4, 0.5) is 11.5 Å². The zero-order chi connectivity index (χ0) is 18.8. The molecule has 1 aromatic heterocycles. The first-order valence-electron chi connectivity index (χ1n) is 7.54. The highest BCUT2D eigenvalue weighted by Crippen LogP contribution is 2.19. The minimum Gasteiger partial charge on any atom is -0.710 e. The number of aromatic nitrogens is 2. The van der Waals surface area contributed by atoms with Gasteiger partial charge in [0.05, 0.1) is 20.3 Å². The van der Waals surface area contributed by atoms with Gasteiger partial charge < -0.3 is 25.2 Å². The van der Waals surface area contributed by atoms with Crippen molar-refractivity contribution >= 4 is 28.4 Å². The number of nitrogens with one attached hydrogen (secondary N) is 1. The van der Waals surface area contributed by atoms with Gasteiger partial charge in [0.25, 0.3) is 5.52 Å². The fourth-order valence-corrected chi connectivity index (χ4v) is 2.49. The van der Waals surface area contributed by atoms with Crippen LogP contribution in [0.25, 0.3) is 11.0 Å². The molecule has 1 heterocycles. The third kappa shape index (κ3) is 2.86. The Morgan fingerprint density at radius 3 is 2.19 bits per heavy atom. The quantitative estimate of drug-likeness (QED) is 0.529. The van der Waals surface area contributed by atoms with Crippen LogP contribution in [0.5, 0.6) is 11.5 Å². The van der Waals surface area contributed by atoms with Crippen LogP contribution in [0.2, 0.25) is 0 Å². The maximum atomic E-state index is 12.6. The monoisotopic (exact) mass is 356 g/mol. The SMILES string of the molecule is COc1ccc(NC(=O)c2c(N)[n+]([O-])c3ccc(OC)cc3[n+]2[O-])cc1. The molecule has 0 saturated carbocycles. The average Bonchev–Trinajstić information content (AvgIpc) is 2.66. The Morgan fingerprint density at radius 2 is 1.58 bits per heavy atom. The molecule has 0 aliphatic rings. The second kappa shape index (κ2) is 6.63. The summed E-state index contributed by atoms with van der Waals surface area (Å²) in [5, 5.41) is 27.5. The molecule has 134 valence electrons. The van der Waals surface area contributed by atoms with Gasteiger partial charge >= 0.3 is 17.4 Å². The molecule has 3 aromatic rings. The number of anilines is 2. The van der Waals surface area contributed by atoms with Gasteiger partial charge in [-0.15, -0.1) is 4.73 Å². The molecule has 0 radical (unpaired) electrons. The second-order valence-corrected chi connectivity index (χ2v) is 5.36. The fraction of sp³-hybridized carbons (Fsp3) is 0.118. The van der Waals surface area contributed by atoms with Gasteiger partial charge in [-0.3, -0.25) is 10.5 Å². The largest absolute Gasteiger partial charge is 0.710 e. The first kappa shape index (κ1) is 17.1. The molecule has 9 nitrogen and oxygen atoms in total. The lowest BCUT2D eigenvalue weighted by Crippen LogP contribution is -2.47. The molecule has 3 rings (SSSR count). The number of ether oxygens (including phenoxy) is 2. The van der Waals surface area contributed by atoms with Gasteiger partial charge in [-0.2, -0.15) is 0 Å². The average molecular weight is 356 g/mol. The molecular weight excluding hydrogens is 340 g/mol. The van der Waals surface area contributed by atoms with Gasteiger partial charge in [-0.1, -0.05) is 0 Å². The minimum absolute atomic E-state index is 0.0271. The summed E-state index contributed by atoms with van der Waals surface area (Å²) in [5.41, 5.74) is 5.64. The van der Waals surface area contributed by atoms with Gasteiger partial charge in [0, 0.05) is 5.69 Å². The number of rotatable bonds is 4. The summed E-state index contributed by atoms with van der Waals surface area (Å²) < 4.78 is 10.8. The van der Waals surface area contributed by atoms with Gasteiger partial charge in [-0.25, -0.2) is 4.73 Å². The summed E-state index contributed by atoms with van der Waals surface area (Å²) in [6, 6.07) is 10.8. The van der Waals surface area contributed by atoms with Crippen LogP contribution in [-0.4, -0.2) is 20.1 Å². The highest BCUT2D eigenvalue weighted by molar-refractivity contribution is 6.04. The Hall–Kier alpha value is -3.75. The van der Waals surface area contributed by atoms with Crippen molar-refractivity contribution in [3.05, 3.63) is 58.6 Å². The molecule has 0 aliphatic heterocycles. The van der Waals surface area contributed by atoms with Crippen molar-refractivity contribution in [3.8, 4) is 11.5 Å². The summed E-state index contributed by atoms with van der Waals surface area (Å²) in [4.78, 5) is 12.5. The van der Waals surface area contributed by atoms with Crippen LogP contribution in [0.1, 0.15) is 10.5 Å². The molecular formula is C17H16N4O5. The molecule has 0 atom stereocenters. The smallest absolute Gasteiger partial charge is 0.372 e. The minimum atomic E-state index is -0.808. The van der Waals surface area contributed by atoms with Gasteiger partial charge in [0.2, 0.25) is 5.52 Å². The van der Waals surface area contributed by atoms with Crippen LogP contribution in [0.15, 0.2) is 42.5 Å². The molecule has 0 saturated heterocycles.